The van der Waals surface area contributed by atoms with Crippen LogP contribution in [0, 0.1) is 27.7 Å². The van der Waals surface area contributed by atoms with Gasteiger partial charge in [-0.1, -0.05) is 72.6 Å². The molecule has 38 heavy (non-hydrogen) atoms. The number of nitrogens with one attached hydrogen (secondary N) is 1. The van der Waals surface area contributed by atoms with E-state index in [4.69, 9.17) is 5.10 Å². The number of benzene rings is 3. The minimum atomic E-state index is -3.88. The third-order valence-corrected chi connectivity index (χ3v) is 8.47. The third kappa shape index (κ3) is 5.87. The summed E-state index contributed by atoms with van der Waals surface area (Å²) in [5, 5.41) is 7.67. The van der Waals surface area contributed by atoms with Crippen LogP contribution in [0.25, 0.3) is 16.9 Å². The normalized spacial score (nSPS) is 11.6. The summed E-state index contributed by atoms with van der Waals surface area (Å²) in [6.45, 7) is 9.36. The van der Waals surface area contributed by atoms with Gasteiger partial charge >= 0.3 is 0 Å². The second kappa shape index (κ2) is 11.3. The zero-order valence-electron chi connectivity index (χ0n) is 22.5. The van der Waals surface area contributed by atoms with Crippen molar-refractivity contribution in [1.29, 1.82) is 0 Å². The lowest BCUT2D eigenvalue weighted by Crippen LogP contribution is -2.39. The molecule has 7 nitrogen and oxygen atoms in total. The Labute approximate surface area is 225 Å². The van der Waals surface area contributed by atoms with Crippen LogP contribution in [0.1, 0.15) is 35.6 Å². The van der Waals surface area contributed by atoms with Crippen molar-refractivity contribution in [2.45, 2.75) is 45.9 Å². The molecule has 0 radical (unpaired) electrons. The topological polar surface area (TPSA) is 84.3 Å². The Balaban J connectivity index is 1.66. The lowest BCUT2D eigenvalue weighted by atomic mass is 10.1. The summed E-state index contributed by atoms with van der Waals surface area (Å²) in [5.74, 6) is 0.0339. The van der Waals surface area contributed by atoms with Crippen molar-refractivity contribution in [3.8, 4) is 16.9 Å². The number of nitrogens with zero attached hydrogens (tertiary/aromatic N) is 3. The molecule has 198 valence electrons. The summed E-state index contributed by atoms with van der Waals surface area (Å²) in [7, 11) is -3.88. The van der Waals surface area contributed by atoms with Crippen molar-refractivity contribution >= 4 is 21.7 Å². The van der Waals surface area contributed by atoms with Crippen LogP contribution in [0.4, 0.5) is 5.82 Å². The molecule has 0 atom stereocenters. The molecule has 0 saturated heterocycles. The van der Waals surface area contributed by atoms with Crippen molar-refractivity contribution in [1.82, 2.24) is 14.1 Å². The fraction of sp³-hybridized carbons (Fsp3) is 0.267. The lowest BCUT2D eigenvalue weighted by Gasteiger charge is -2.23. The molecular weight excluding hydrogens is 496 g/mol. The Morgan fingerprint density at radius 1 is 0.895 bits per heavy atom. The van der Waals surface area contributed by atoms with Gasteiger partial charge in [-0.2, -0.15) is 9.40 Å². The van der Waals surface area contributed by atoms with Crippen molar-refractivity contribution in [3.63, 3.8) is 0 Å². The number of hydrogen-bond acceptors (Lipinski definition) is 4. The lowest BCUT2D eigenvalue weighted by molar-refractivity contribution is -0.116. The Bertz CT molecular complexity index is 1520. The van der Waals surface area contributed by atoms with Crippen LogP contribution in [0.5, 0.6) is 0 Å². The first kappa shape index (κ1) is 27.3. The van der Waals surface area contributed by atoms with Gasteiger partial charge in [0.2, 0.25) is 15.9 Å². The maximum atomic E-state index is 13.7. The molecule has 3 aromatic carbocycles. The van der Waals surface area contributed by atoms with E-state index in [9.17, 15) is 13.2 Å². The number of anilines is 1. The minimum Gasteiger partial charge on any atom is -0.309 e. The largest absolute Gasteiger partial charge is 0.309 e. The molecule has 0 spiro atoms. The number of carbonyl (C=O) groups is 1. The van der Waals surface area contributed by atoms with E-state index < -0.39 is 15.9 Å². The summed E-state index contributed by atoms with van der Waals surface area (Å²) in [6, 6.07) is 23.0. The molecule has 1 amide bonds. The number of sulfonamides is 1. The first-order valence-electron chi connectivity index (χ1n) is 12.7. The predicted molar refractivity (Wildman–Crippen MR) is 152 cm³/mol. The maximum Gasteiger partial charge on any atom is 0.244 e. The molecule has 0 aliphatic heterocycles. The van der Waals surface area contributed by atoms with Crippen molar-refractivity contribution in [2.24, 2.45) is 0 Å². The molecule has 1 aromatic heterocycles. The minimum absolute atomic E-state index is 0.231. The highest BCUT2D eigenvalue weighted by Crippen LogP contribution is 2.27. The van der Waals surface area contributed by atoms with Gasteiger partial charge in [-0.05, 0) is 57.4 Å². The molecule has 0 bridgehead atoms. The monoisotopic (exact) mass is 530 g/mol. The van der Waals surface area contributed by atoms with Crippen LogP contribution < -0.4 is 5.32 Å². The van der Waals surface area contributed by atoms with Gasteiger partial charge in [0.25, 0.3) is 0 Å². The smallest absolute Gasteiger partial charge is 0.244 e. The fourth-order valence-corrected chi connectivity index (χ4v) is 6.58. The van der Waals surface area contributed by atoms with E-state index >= 15 is 0 Å². The first-order chi connectivity index (χ1) is 18.1. The zero-order chi connectivity index (χ0) is 27.4. The second-order valence-corrected chi connectivity index (χ2v) is 11.5. The standard InChI is InChI=1S/C30H34N4O3S/c1-6-16-33(38(36,37)30-23(4)17-22(3)18-24(30)5)20-29(35)31-28-19-27(25-10-8-7-9-11-25)32-34(28)26-14-12-21(2)13-15-26/h7-15,17-19H,6,16,20H2,1-5H3,(H,31,35). The van der Waals surface area contributed by atoms with Crippen molar-refractivity contribution in [3.05, 3.63) is 95.1 Å². The average molecular weight is 531 g/mol. The molecule has 4 aromatic rings. The van der Waals surface area contributed by atoms with Crippen LogP contribution in [0.2, 0.25) is 0 Å². The number of amides is 1. The molecule has 0 unspecified atom stereocenters. The molecule has 1 N–H and O–H groups in total. The number of hydrogen-bond donors (Lipinski definition) is 1. The van der Waals surface area contributed by atoms with Gasteiger partial charge in [0, 0.05) is 18.2 Å². The highest BCUT2D eigenvalue weighted by atomic mass is 32.2. The van der Waals surface area contributed by atoms with Gasteiger partial charge in [-0.3, -0.25) is 4.79 Å². The highest BCUT2D eigenvalue weighted by molar-refractivity contribution is 7.89. The molecule has 0 saturated carbocycles. The van der Waals surface area contributed by atoms with Crippen LogP contribution in [-0.2, 0) is 14.8 Å². The summed E-state index contributed by atoms with van der Waals surface area (Å²) < 4.78 is 30.3. The van der Waals surface area contributed by atoms with Gasteiger partial charge in [0.1, 0.15) is 5.82 Å². The van der Waals surface area contributed by atoms with Gasteiger partial charge in [0.05, 0.1) is 22.8 Å². The van der Waals surface area contributed by atoms with Crippen LogP contribution in [0.15, 0.2) is 77.7 Å². The Hall–Kier alpha value is -3.75. The van der Waals surface area contributed by atoms with E-state index in [0.29, 0.717) is 29.1 Å². The molecule has 8 heteroatoms. The van der Waals surface area contributed by atoms with E-state index in [1.807, 2.05) is 87.5 Å². The number of rotatable bonds is 9. The van der Waals surface area contributed by atoms with Gasteiger partial charge in [-0.25, -0.2) is 13.1 Å². The van der Waals surface area contributed by atoms with E-state index in [1.54, 1.807) is 24.6 Å². The number of carbonyl (C=O) groups excluding carboxylic acids is 1. The molecule has 0 aliphatic carbocycles. The highest BCUT2D eigenvalue weighted by Gasteiger charge is 2.29. The molecule has 1 heterocycles. The molecule has 0 fully saturated rings. The summed E-state index contributed by atoms with van der Waals surface area (Å²) in [6.07, 6.45) is 0.579. The maximum absolute atomic E-state index is 13.7. The van der Waals surface area contributed by atoms with Crippen molar-refractivity contribution in [2.75, 3.05) is 18.4 Å². The Morgan fingerprint density at radius 2 is 1.53 bits per heavy atom. The summed E-state index contributed by atoms with van der Waals surface area (Å²) in [5.41, 5.74) is 5.86. The zero-order valence-corrected chi connectivity index (χ0v) is 23.3. The van der Waals surface area contributed by atoms with E-state index in [-0.39, 0.29) is 18.0 Å². The first-order valence-corrected chi connectivity index (χ1v) is 14.1. The van der Waals surface area contributed by atoms with E-state index in [1.165, 1.54) is 4.31 Å². The van der Waals surface area contributed by atoms with Gasteiger partial charge < -0.3 is 5.32 Å². The predicted octanol–water partition coefficient (Wildman–Crippen LogP) is 5.81. The van der Waals surface area contributed by atoms with E-state index in [0.717, 1.165) is 22.4 Å². The Morgan fingerprint density at radius 3 is 2.13 bits per heavy atom. The molecule has 0 aliphatic rings. The van der Waals surface area contributed by atoms with Gasteiger partial charge in [-0.15, -0.1) is 0 Å². The average Bonchev–Trinajstić information content (AvgIpc) is 3.27. The third-order valence-electron chi connectivity index (χ3n) is 6.32. The quantitative estimate of drug-likeness (QED) is 0.296. The molecular formula is C30H34N4O3S. The van der Waals surface area contributed by atoms with Crippen LogP contribution in [0.3, 0.4) is 0 Å². The Kier molecular flexibility index (Phi) is 8.14. The number of aryl methyl sites for hydroxylation is 4. The van der Waals surface area contributed by atoms with E-state index in [2.05, 4.69) is 5.32 Å². The summed E-state index contributed by atoms with van der Waals surface area (Å²) >= 11 is 0. The van der Waals surface area contributed by atoms with Crippen LogP contribution in [-0.4, -0.2) is 41.5 Å². The fourth-order valence-electron chi connectivity index (χ4n) is 4.68. The van der Waals surface area contributed by atoms with Gasteiger partial charge in [0.15, 0.2) is 0 Å². The SMILES string of the molecule is CCCN(CC(=O)Nc1cc(-c2ccccc2)nn1-c1ccc(C)cc1)S(=O)(=O)c1c(C)cc(C)cc1C. The molecule has 4 rings (SSSR count). The van der Waals surface area contributed by atoms with Crippen LogP contribution >= 0.6 is 0 Å². The second-order valence-electron chi connectivity index (χ2n) is 9.64. The number of aromatic nitrogens is 2. The van der Waals surface area contributed by atoms with Crippen molar-refractivity contribution < 1.29 is 13.2 Å². The summed E-state index contributed by atoms with van der Waals surface area (Å²) in [4.78, 5) is 13.6.